The minimum atomic E-state index is -0.692. The zero-order valence-electron chi connectivity index (χ0n) is 32.7. The molecule has 3 aromatic carbocycles. The van der Waals surface area contributed by atoms with Gasteiger partial charge in [0, 0.05) is 24.2 Å². The van der Waals surface area contributed by atoms with Crippen molar-refractivity contribution in [3.05, 3.63) is 72.6 Å². The number of methoxy groups -OCH3 is 2. The first kappa shape index (κ1) is 38.4. The quantitative estimate of drug-likeness (QED) is 0.112. The highest BCUT2D eigenvalue weighted by molar-refractivity contribution is 6.01. The van der Waals surface area contributed by atoms with Gasteiger partial charge in [0.15, 0.2) is 0 Å². The van der Waals surface area contributed by atoms with Gasteiger partial charge in [0.05, 0.1) is 50.1 Å². The molecule has 4 atom stereocenters. The summed E-state index contributed by atoms with van der Waals surface area (Å²) in [5, 5.41) is 9.76. The van der Waals surface area contributed by atoms with Crippen molar-refractivity contribution in [2.45, 2.75) is 77.5 Å². The highest BCUT2D eigenvalue weighted by Gasteiger charge is 2.39. The van der Waals surface area contributed by atoms with Gasteiger partial charge >= 0.3 is 12.2 Å². The molecule has 0 saturated carbocycles. The van der Waals surface area contributed by atoms with E-state index in [4.69, 9.17) is 19.4 Å². The number of benzene rings is 3. The maximum Gasteiger partial charge on any atom is 0.407 e. The molecule has 2 aliphatic rings. The molecule has 294 valence electrons. The van der Waals surface area contributed by atoms with Crippen LogP contribution in [0.5, 0.6) is 0 Å². The normalized spacial score (nSPS) is 18.1. The molecule has 0 bridgehead atoms. The summed E-state index contributed by atoms with van der Waals surface area (Å²) in [6, 6.07) is 15.2. The third kappa shape index (κ3) is 7.64. The number of aromatic amines is 2. The van der Waals surface area contributed by atoms with E-state index in [1.807, 2.05) is 49.9 Å². The van der Waals surface area contributed by atoms with E-state index in [0.29, 0.717) is 13.1 Å². The van der Waals surface area contributed by atoms with E-state index < -0.39 is 24.3 Å². The van der Waals surface area contributed by atoms with Crippen LogP contribution in [0.3, 0.4) is 0 Å². The first-order valence-corrected chi connectivity index (χ1v) is 19.3. The molecular weight excluding hydrogens is 713 g/mol. The van der Waals surface area contributed by atoms with E-state index >= 15 is 0 Å². The number of ether oxygens (including phenoxy) is 2. The van der Waals surface area contributed by atoms with Crippen LogP contribution >= 0.6 is 0 Å². The number of H-pyrrole nitrogens is 2. The third-order valence-corrected chi connectivity index (χ3v) is 11.1. The summed E-state index contributed by atoms with van der Waals surface area (Å²) in [5.74, 6) is 0.951. The predicted molar refractivity (Wildman–Crippen MR) is 212 cm³/mol. The predicted octanol–water partition coefficient (Wildman–Crippen LogP) is 6.86. The summed E-state index contributed by atoms with van der Waals surface area (Å²) in [7, 11) is 2.58. The van der Waals surface area contributed by atoms with Crippen molar-refractivity contribution in [1.29, 1.82) is 0 Å². The Labute approximate surface area is 325 Å². The fourth-order valence-electron chi connectivity index (χ4n) is 8.02. The van der Waals surface area contributed by atoms with Crippen LogP contribution in [0.2, 0.25) is 0 Å². The van der Waals surface area contributed by atoms with E-state index in [1.54, 1.807) is 0 Å². The molecule has 0 radical (unpaired) electrons. The summed E-state index contributed by atoms with van der Waals surface area (Å²) in [6.07, 6.45) is 5.64. The number of likely N-dealkylation sites (tertiary alicyclic amines) is 2. The number of carbonyl (C=O) groups is 4. The van der Waals surface area contributed by atoms with Gasteiger partial charge < -0.3 is 39.9 Å². The van der Waals surface area contributed by atoms with E-state index in [-0.39, 0.29) is 35.7 Å². The van der Waals surface area contributed by atoms with Crippen LogP contribution in [-0.4, -0.2) is 93.1 Å². The fourth-order valence-corrected chi connectivity index (χ4v) is 8.02. The lowest BCUT2D eigenvalue weighted by molar-refractivity contribution is -0.136. The average Bonchev–Trinajstić information content (AvgIpc) is 4.03. The topological polar surface area (TPSA) is 175 Å². The zero-order valence-corrected chi connectivity index (χ0v) is 32.7. The van der Waals surface area contributed by atoms with Crippen molar-refractivity contribution in [1.82, 2.24) is 40.4 Å². The molecule has 56 heavy (non-hydrogen) atoms. The van der Waals surface area contributed by atoms with Gasteiger partial charge in [-0.3, -0.25) is 9.59 Å². The van der Waals surface area contributed by atoms with Gasteiger partial charge in [-0.2, -0.15) is 0 Å². The maximum atomic E-state index is 13.6. The SMILES string of the molecule is COC(=O)NC(C(=O)N1CCCC1c1ncc(-c2ccc3cc4cc(-c5cnc(C6CCCN6C(=O)C(NC(=O)OC)C(C)C)[nH]5)ccc4cc3c2)[nH]1)C(C)C. The number of hydrogen-bond acceptors (Lipinski definition) is 8. The summed E-state index contributed by atoms with van der Waals surface area (Å²) >= 11 is 0. The number of imidazole rings is 2. The summed E-state index contributed by atoms with van der Waals surface area (Å²) < 4.78 is 9.54. The molecule has 0 aliphatic carbocycles. The Morgan fingerprint density at radius 2 is 1.05 bits per heavy atom. The van der Waals surface area contributed by atoms with Gasteiger partial charge in [0.2, 0.25) is 11.8 Å². The number of amides is 4. The van der Waals surface area contributed by atoms with E-state index in [0.717, 1.165) is 81.4 Å². The standard InChI is InChI=1S/C42H50N8O6/c1-23(2)35(47-41(53)55-5)39(51)49-15-7-9-33(49)37-43-21-31(45-37)27-13-11-25-18-30-20-28(14-12-26(30)17-29(25)19-27)32-22-44-38(46-32)34-10-8-16-50(34)40(52)36(24(3)4)48-42(54)56-6/h11-14,17-24,33-36H,7-10,15-16H2,1-6H3,(H,43,45)(H,44,46)(H,47,53)(H,48,54). The minimum Gasteiger partial charge on any atom is -0.453 e. The van der Waals surface area contributed by atoms with Gasteiger partial charge in [-0.1, -0.05) is 52.0 Å². The van der Waals surface area contributed by atoms with Crippen LogP contribution in [-0.2, 0) is 19.1 Å². The maximum absolute atomic E-state index is 13.6. The second-order valence-corrected chi connectivity index (χ2v) is 15.4. The second kappa shape index (κ2) is 16.0. The molecule has 2 fully saturated rings. The molecule has 4 N–H and O–H groups in total. The van der Waals surface area contributed by atoms with E-state index in [1.165, 1.54) is 14.2 Å². The van der Waals surface area contributed by atoms with Crippen LogP contribution in [0.4, 0.5) is 9.59 Å². The molecule has 14 nitrogen and oxygen atoms in total. The highest BCUT2D eigenvalue weighted by atomic mass is 16.5. The first-order chi connectivity index (χ1) is 26.9. The van der Waals surface area contributed by atoms with E-state index in [9.17, 15) is 19.2 Å². The molecule has 2 saturated heterocycles. The fraction of sp³-hybridized carbons (Fsp3) is 0.429. The highest BCUT2D eigenvalue weighted by Crippen LogP contribution is 2.36. The molecular formula is C42H50N8O6. The number of rotatable bonds is 10. The molecule has 5 aromatic rings. The molecule has 2 aromatic heterocycles. The zero-order chi connectivity index (χ0) is 39.7. The van der Waals surface area contributed by atoms with E-state index in [2.05, 4.69) is 69.1 Å². The number of alkyl carbamates (subject to hydrolysis) is 2. The Balaban J connectivity index is 1.08. The molecule has 4 amide bonds. The molecule has 4 heterocycles. The number of nitrogens with zero attached hydrogens (tertiary/aromatic N) is 4. The van der Waals surface area contributed by atoms with Crippen molar-refractivity contribution in [2.24, 2.45) is 11.8 Å². The van der Waals surface area contributed by atoms with Gasteiger partial charge in [0.25, 0.3) is 0 Å². The monoisotopic (exact) mass is 762 g/mol. The van der Waals surface area contributed by atoms with Crippen molar-refractivity contribution >= 4 is 45.5 Å². The van der Waals surface area contributed by atoms with Crippen LogP contribution in [0.1, 0.15) is 77.1 Å². The van der Waals surface area contributed by atoms with Gasteiger partial charge in [0.1, 0.15) is 23.7 Å². The minimum absolute atomic E-state index is 0.108. The van der Waals surface area contributed by atoms with Crippen LogP contribution in [0.25, 0.3) is 44.1 Å². The number of nitrogens with one attached hydrogen (secondary N) is 4. The van der Waals surface area contributed by atoms with Crippen LogP contribution in [0.15, 0.2) is 60.9 Å². The lowest BCUT2D eigenvalue weighted by Crippen LogP contribution is -2.51. The largest absolute Gasteiger partial charge is 0.453 e. The Morgan fingerprint density at radius 3 is 1.43 bits per heavy atom. The molecule has 2 aliphatic heterocycles. The lowest BCUT2D eigenvalue weighted by atomic mass is 9.99. The first-order valence-electron chi connectivity index (χ1n) is 19.3. The van der Waals surface area contributed by atoms with Crippen molar-refractivity contribution in [2.75, 3.05) is 27.3 Å². The van der Waals surface area contributed by atoms with Crippen LogP contribution < -0.4 is 10.6 Å². The van der Waals surface area contributed by atoms with Gasteiger partial charge in [-0.15, -0.1) is 0 Å². The lowest BCUT2D eigenvalue weighted by Gasteiger charge is -2.30. The smallest absolute Gasteiger partial charge is 0.407 e. The Bertz CT molecular complexity index is 2100. The average molecular weight is 763 g/mol. The molecule has 7 rings (SSSR count). The van der Waals surface area contributed by atoms with Crippen molar-refractivity contribution in [3.63, 3.8) is 0 Å². The molecule has 0 spiro atoms. The van der Waals surface area contributed by atoms with Crippen molar-refractivity contribution < 1.29 is 28.7 Å². The number of fused-ring (bicyclic) bond motifs is 2. The van der Waals surface area contributed by atoms with Gasteiger partial charge in [-0.05, 0) is 83.3 Å². The van der Waals surface area contributed by atoms with Crippen LogP contribution in [0, 0.1) is 11.8 Å². The number of carbonyl (C=O) groups excluding carboxylic acids is 4. The molecule has 4 unspecified atom stereocenters. The summed E-state index contributed by atoms with van der Waals surface area (Å²) in [5.41, 5.74) is 3.70. The number of aromatic nitrogens is 4. The number of hydrogen-bond donors (Lipinski definition) is 4. The third-order valence-electron chi connectivity index (χ3n) is 11.1. The summed E-state index contributed by atoms with van der Waals surface area (Å²) in [6.45, 7) is 8.79. The van der Waals surface area contributed by atoms with Crippen molar-refractivity contribution in [3.8, 4) is 22.5 Å². The second-order valence-electron chi connectivity index (χ2n) is 15.4. The Kier molecular flexibility index (Phi) is 11.0. The Morgan fingerprint density at radius 1 is 0.643 bits per heavy atom. The van der Waals surface area contributed by atoms with Gasteiger partial charge in [-0.25, -0.2) is 19.6 Å². The Hall–Kier alpha value is -5.92. The molecule has 14 heteroatoms. The summed E-state index contributed by atoms with van der Waals surface area (Å²) in [4.78, 5) is 71.2.